The first-order chi connectivity index (χ1) is 3.39. The normalized spacial score (nSPS) is 18.0. The molecule has 37 valence electrons. The third-order valence-electron chi connectivity index (χ3n) is 0.494. The predicted octanol–water partition coefficient (Wildman–Crippen LogP) is -1.05. The van der Waals surface area contributed by atoms with Gasteiger partial charge in [0, 0.05) is 0 Å². The molecule has 1 radical (unpaired) electrons. The van der Waals surface area contributed by atoms with Gasteiger partial charge in [-0.3, -0.25) is 4.79 Å². The van der Waals surface area contributed by atoms with E-state index in [1.807, 2.05) is 0 Å². The molecule has 0 aliphatic carbocycles. The molecule has 4 nitrogen and oxygen atoms in total. The van der Waals surface area contributed by atoms with Crippen LogP contribution in [0.2, 0.25) is 0 Å². The first-order valence-electron chi connectivity index (χ1n) is 1.75. The molecule has 0 atom stereocenters. The Hall–Kier alpha value is -1.06. The standard InChI is InChI=1S/C3H3N2O2/c6-3-1-7-2-4-5-3/h1H2,(H,5,6). The highest BCUT2D eigenvalue weighted by atomic mass is 16.5. The molecule has 1 aliphatic heterocycles. The molecule has 1 heterocycles. The van der Waals surface area contributed by atoms with Crippen molar-refractivity contribution in [2.75, 3.05) is 6.61 Å². The van der Waals surface area contributed by atoms with Gasteiger partial charge in [-0.15, -0.1) is 5.10 Å². The van der Waals surface area contributed by atoms with Crippen molar-refractivity contribution in [3.8, 4) is 0 Å². The van der Waals surface area contributed by atoms with E-state index < -0.39 is 0 Å². The molecule has 0 unspecified atom stereocenters. The Kier molecular flexibility index (Phi) is 0.934. The van der Waals surface area contributed by atoms with Crippen LogP contribution in [-0.2, 0) is 9.53 Å². The monoisotopic (exact) mass is 99.0 g/mol. The van der Waals surface area contributed by atoms with E-state index in [4.69, 9.17) is 0 Å². The van der Waals surface area contributed by atoms with Crippen LogP contribution in [0.5, 0.6) is 0 Å². The van der Waals surface area contributed by atoms with E-state index in [1.165, 1.54) is 0 Å². The lowest BCUT2D eigenvalue weighted by atomic mass is 10.7. The molecule has 1 rings (SSSR count). The number of hydrogen-bond acceptors (Lipinski definition) is 3. The number of rotatable bonds is 0. The Morgan fingerprint density at radius 3 is 3.14 bits per heavy atom. The average Bonchev–Trinajstić information content (AvgIpc) is 1.69. The SMILES string of the molecule is O=C1CO[C]=NN1. The molecule has 1 N–H and O–H groups in total. The van der Waals surface area contributed by atoms with E-state index in [0.29, 0.717) is 0 Å². The second-order valence-electron chi connectivity index (χ2n) is 1.03. The van der Waals surface area contributed by atoms with Gasteiger partial charge in [0.1, 0.15) is 0 Å². The zero-order chi connectivity index (χ0) is 5.11. The van der Waals surface area contributed by atoms with Crippen LogP contribution >= 0.6 is 0 Å². The first-order valence-corrected chi connectivity index (χ1v) is 1.75. The maximum atomic E-state index is 10.1. The van der Waals surface area contributed by atoms with E-state index in [-0.39, 0.29) is 12.5 Å². The largest absolute Gasteiger partial charge is 0.463 e. The van der Waals surface area contributed by atoms with Gasteiger partial charge in [0.05, 0.1) is 0 Å². The molecule has 7 heavy (non-hydrogen) atoms. The Morgan fingerprint density at radius 2 is 2.86 bits per heavy atom. The van der Waals surface area contributed by atoms with E-state index in [1.54, 1.807) is 0 Å². The molecule has 0 aromatic rings. The van der Waals surface area contributed by atoms with E-state index in [9.17, 15) is 4.79 Å². The van der Waals surface area contributed by atoms with E-state index in [2.05, 4.69) is 21.7 Å². The Morgan fingerprint density at radius 1 is 2.00 bits per heavy atom. The minimum atomic E-state index is -0.237. The Balaban J connectivity index is 2.47. The number of carbonyl (C=O) groups excluding carboxylic acids is 1. The molecule has 0 fully saturated rings. The summed E-state index contributed by atoms with van der Waals surface area (Å²) < 4.78 is 4.35. The second kappa shape index (κ2) is 1.59. The van der Waals surface area contributed by atoms with Gasteiger partial charge in [0.2, 0.25) is 0 Å². The molecule has 1 aliphatic rings. The number of nitrogens with one attached hydrogen (secondary N) is 1. The van der Waals surface area contributed by atoms with Gasteiger partial charge in [-0.05, 0) is 0 Å². The van der Waals surface area contributed by atoms with Crippen LogP contribution in [0.3, 0.4) is 0 Å². The number of hydrazone groups is 1. The lowest BCUT2D eigenvalue weighted by Gasteiger charge is -2.01. The Labute approximate surface area is 40.2 Å². The van der Waals surface area contributed by atoms with Gasteiger partial charge in [0.15, 0.2) is 6.61 Å². The zero-order valence-corrected chi connectivity index (χ0v) is 3.47. The molecule has 0 spiro atoms. The summed E-state index contributed by atoms with van der Waals surface area (Å²) in [7, 11) is 0. The maximum absolute atomic E-state index is 10.1. The molecule has 0 saturated carbocycles. The first kappa shape index (κ1) is 4.11. The number of ether oxygens (including phenoxy) is 1. The third-order valence-corrected chi connectivity index (χ3v) is 0.494. The number of carbonyl (C=O) groups is 1. The van der Waals surface area contributed by atoms with Gasteiger partial charge >= 0.3 is 0 Å². The lowest BCUT2D eigenvalue weighted by molar-refractivity contribution is -0.124. The summed E-state index contributed by atoms with van der Waals surface area (Å²) in [6.07, 6.45) is 2.11. The van der Waals surface area contributed by atoms with Crippen LogP contribution in [0.25, 0.3) is 0 Å². The molecule has 0 saturated heterocycles. The summed E-state index contributed by atoms with van der Waals surface area (Å²) in [4.78, 5) is 10.1. The fourth-order valence-corrected chi connectivity index (χ4v) is 0.248. The van der Waals surface area contributed by atoms with Gasteiger partial charge < -0.3 is 4.74 Å². The highest BCUT2D eigenvalue weighted by Gasteiger charge is 2.01. The number of nitrogens with zero attached hydrogens (tertiary/aromatic N) is 1. The predicted molar refractivity (Wildman–Crippen MR) is 21.5 cm³/mol. The maximum Gasteiger partial charge on any atom is 0.297 e. The van der Waals surface area contributed by atoms with Gasteiger partial charge in [-0.25, -0.2) is 5.43 Å². The van der Waals surface area contributed by atoms with Crippen molar-refractivity contribution in [3.63, 3.8) is 0 Å². The minimum absolute atomic E-state index is 0.0312. The minimum Gasteiger partial charge on any atom is -0.463 e. The van der Waals surface area contributed by atoms with Crippen molar-refractivity contribution in [3.05, 3.63) is 0 Å². The zero-order valence-electron chi connectivity index (χ0n) is 3.47. The molecule has 0 bridgehead atoms. The highest BCUT2D eigenvalue weighted by molar-refractivity contribution is 5.80. The van der Waals surface area contributed by atoms with Crippen LogP contribution in [0.15, 0.2) is 5.10 Å². The second-order valence-corrected chi connectivity index (χ2v) is 1.03. The van der Waals surface area contributed by atoms with Crippen molar-refractivity contribution in [2.45, 2.75) is 0 Å². The molecule has 0 aromatic carbocycles. The van der Waals surface area contributed by atoms with Crippen molar-refractivity contribution in [2.24, 2.45) is 5.10 Å². The third kappa shape index (κ3) is 0.887. The summed E-state index contributed by atoms with van der Waals surface area (Å²) in [5.74, 6) is -0.237. The van der Waals surface area contributed by atoms with Gasteiger partial charge in [0.25, 0.3) is 12.3 Å². The average molecular weight is 99.1 g/mol. The van der Waals surface area contributed by atoms with Crippen LogP contribution in [0.1, 0.15) is 0 Å². The van der Waals surface area contributed by atoms with Crippen molar-refractivity contribution < 1.29 is 9.53 Å². The number of hydrogen-bond donors (Lipinski definition) is 1. The summed E-state index contributed by atoms with van der Waals surface area (Å²) in [6.45, 7) is 0.0312. The van der Waals surface area contributed by atoms with Crippen LogP contribution in [0, 0.1) is 0 Å². The topological polar surface area (TPSA) is 50.7 Å². The Bertz CT molecular complexity index is 110. The molecule has 4 heteroatoms. The van der Waals surface area contributed by atoms with Crippen LogP contribution < -0.4 is 5.43 Å². The molecule has 1 amide bonds. The van der Waals surface area contributed by atoms with Crippen LogP contribution in [0.4, 0.5) is 0 Å². The van der Waals surface area contributed by atoms with Crippen LogP contribution in [-0.4, -0.2) is 18.9 Å². The fraction of sp³-hybridized carbons (Fsp3) is 0.333. The number of amides is 1. The van der Waals surface area contributed by atoms with Crippen molar-refractivity contribution >= 4 is 12.3 Å². The van der Waals surface area contributed by atoms with E-state index >= 15 is 0 Å². The molecular formula is C3H3N2O2. The molecular weight excluding hydrogens is 96.0 g/mol. The van der Waals surface area contributed by atoms with Crippen molar-refractivity contribution in [1.29, 1.82) is 0 Å². The fourth-order valence-electron chi connectivity index (χ4n) is 0.248. The summed E-state index contributed by atoms with van der Waals surface area (Å²) in [6, 6.07) is 0. The smallest absolute Gasteiger partial charge is 0.297 e. The summed E-state index contributed by atoms with van der Waals surface area (Å²) in [5, 5.41) is 3.19. The summed E-state index contributed by atoms with van der Waals surface area (Å²) in [5.41, 5.74) is 2.13. The highest BCUT2D eigenvalue weighted by Crippen LogP contribution is 1.75. The summed E-state index contributed by atoms with van der Waals surface area (Å²) >= 11 is 0. The quantitative estimate of drug-likeness (QED) is 0.421. The van der Waals surface area contributed by atoms with E-state index in [0.717, 1.165) is 0 Å². The van der Waals surface area contributed by atoms with Crippen molar-refractivity contribution in [1.82, 2.24) is 5.43 Å². The lowest BCUT2D eigenvalue weighted by Crippen LogP contribution is -2.26. The van der Waals surface area contributed by atoms with Gasteiger partial charge in [-0.1, -0.05) is 0 Å². The molecule has 0 aromatic heterocycles. The van der Waals surface area contributed by atoms with Gasteiger partial charge in [-0.2, -0.15) is 0 Å².